The third-order valence-electron chi connectivity index (χ3n) is 2.79. The molecule has 0 aromatic rings. The average molecular weight is 246 g/mol. The van der Waals surface area contributed by atoms with Gasteiger partial charge in [0.1, 0.15) is 0 Å². The van der Waals surface area contributed by atoms with Crippen molar-refractivity contribution in [2.24, 2.45) is 5.92 Å². The van der Waals surface area contributed by atoms with E-state index in [0.717, 1.165) is 25.7 Å². The summed E-state index contributed by atoms with van der Waals surface area (Å²) >= 11 is 0. The quantitative estimate of drug-likeness (QED) is 0.601. The molecule has 0 heterocycles. The van der Waals surface area contributed by atoms with Crippen molar-refractivity contribution in [3.05, 3.63) is 0 Å². The maximum Gasteiger partial charge on any atom is 0.157 e. The standard InChI is InChI=1S/C14H30O3/c1-6-16-13(17-7-2)11-12(3)9-8-10-14(4,5)15/h12-13,15H,6-11H2,1-5H3/t12-/m1/s1. The first-order valence-corrected chi connectivity index (χ1v) is 6.84. The fourth-order valence-corrected chi connectivity index (χ4v) is 1.89. The minimum atomic E-state index is -0.543. The summed E-state index contributed by atoms with van der Waals surface area (Å²) in [6.07, 6.45) is 3.89. The van der Waals surface area contributed by atoms with E-state index < -0.39 is 5.60 Å². The molecule has 0 aliphatic rings. The highest BCUT2D eigenvalue weighted by Gasteiger charge is 2.16. The lowest BCUT2D eigenvalue weighted by Crippen LogP contribution is -2.21. The minimum Gasteiger partial charge on any atom is -0.390 e. The molecule has 0 amide bonds. The van der Waals surface area contributed by atoms with Crippen LogP contribution in [0, 0.1) is 5.92 Å². The molecule has 0 spiro atoms. The Bertz CT molecular complexity index is 169. The van der Waals surface area contributed by atoms with E-state index in [-0.39, 0.29) is 6.29 Å². The van der Waals surface area contributed by atoms with Crippen molar-refractivity contribution in [2.75, 3.05) is 13.2 Å². The third-order valence-corrected chi connectivity index (χ3v) is 2.79. The van der Waals surface area contributed by atoms with Gasteiger partial charge in [0, 0.05) is 19.6 Å². The Kier molecular flexibility index (Phi) is 8.83. The Labute approximate surface area is 107 Å². The van der Waals surface area contributed by atoms with E-state index in [0.29, 0.717) is 19.1 Å². The zero-order valence-corrected chi connectivity index (χ0v) is 12.2. The largest absolute Gasteiger partial charge is 0.390 e. The molecule has 1 atom stereocenters. The molecule has 0 fully saturated rings. The van der Waals surface area contributed by atoms with Crippen LogP contribution in [-0.2, 0) is 9.47 Å². The van der Waals surface area contributed by atoms with E-state index >= 15 is 0 Å². The molecular formula is C14H30O3. The van der Waals surface area contributed by atoms with Gasteiger partial charge >= 0.3 is 0 Å². The van der Waals surface area contributed by atoms with Gasteiger partial charge in [0.15, 0.2) is 6.29 Å². The molecule has 3 heteroatoms. The van der Waals surface area contributed by atoms with Crippen molar-refractivity contribution in [3.8, 4) is 0 Å². The lowest BCUT2D eigenvalue weighted by Gasteiger charge is -2.22. The van der Waals surface area contributed by atoms with Crippen LogP contribution in [-0.4, -0.2) is 30.2 Å². The summed E-state index contributed by atoms with van der Waals surface area (Å²) in [5, 5.41) is 9.63. The average Bonchev–Trinajstić information content (AvgIpc) is 2.16. The van der Waals surface area contributed by atoms with Gasteiger partial charge < -0.3 is 14.6 Å². The fraction of sp³-hybridized carbons (Fsp3) is 1.00. The third kappa shape index (κ3) is 10.7. The molecule has 104 valence electrons. The Hall–Kier alpha value is -0.120. The fourth-order valence-electron chi connectivity index (χ4n) is 1.89. The van der Waals surface area contributed by atoms with Gasteiger partial charge in [-0.05, 0) is 40.0 Å². The highest BCUT2D eigenvalue weighted by molar-refractivity contribution is 4.66. The topological polar surface area (TPSA) is 38.7 Å². The van der Waals surface area contributed by atoms with E-state index in [2.05, 4.69) is 6.92 Å². The van der Waals surface area contributed by atoms with Crippen LogP contribution in [0.1, 0.15) is 60.3 Å². The number of rotatable bonds is 10. The molecule has 0 rings (SSSR count). The smallest absolute Gasteiger partial charge is 0.157 e. The predicted molar refractivity (Wildman–Crippen MR) is 71.0 cm³/mol. The number of hydrogen-bond donors (Lipinski definition) is 1. The van der Waals surface area contributed by atoms with E-state index in [1.165, 1.54) is 0 Å². The highest BCUT2D eigenvalue weighted by atomic mass is 16.7. The number of hydrogen-bond acceptors (Lipinski definition) is 3. The first-order valence-electron chi connectivity index (χ1n) is 6.84. The Balaban J connectivity index is 3.77. The molecule has 0 aliphatic heterocycles. The van der Waals surface area contributed by atoms with Crippen molar-refractivity contribution in [3.63, 3.8) is 0 Å². The van der Waals surface area contributed by atoms with E-state index in [9.17, 15) is 5.11 Å². The molecule has 0 aliphatic carbocycles. The van der Waals surface area contributed by atoms with Crippen LogP contribution in [0.2, 0.25) is 0 Å². The van der Waals surface area contributed by atoms with Crippen LogP contribution in [0.5, 0.6) is 0 Å². The summed E-state index contributed by atoms with van der Waals surface area (Å²) in [6, 6.07) is 0. The van der Waals surface area contributed by atoms with Gasteiger partial charge in [-0.3, -0.25) is 0 Å². The van der Waals surface area contributed by atoms with Crippen molar-refractivity contribution < 1.29 is 14.6 Å². The van der Waals surface area contributed by atoms with Gasteiger partial charge in [-0.2, -0.15) is 0 Å². The first-order chi connectivity index (χ1) is 7.89. The van der Waals surface area contributed by atoms with Crippen LogP contribution in [0.15, 0.2) is 0 Å². The lowest BCUT2D eigenvalue weighted by molar-refractivity contribution is -0.145. The number of ether oxygens (including phenoxy) is 2. The Morgan fingerprint density at radius 2 is 1.65 bits per heavy atom. The van der Waals surface area contributed by atoms with Gasteiger partial charge in [-0.15, -0.1) is 0 Å². The summed E-state index contributed by atoms with van der Waals surface area (Å²) in [5.74, 6) is 0.570. The van der Waals surface area contributed by atoms with E-state index in [1.54, 1.807) is 0 Å². The molecule has 1 N–H and O–H groups in total. The van der Waals surface area contributed by atoms with Crippen LogP contribution in [0.25, 0.3) is 0 Å². The normalized spacial score (nSPS) is 14.3. The molecule has 0 aromatic carbocycles. The van der Waals surface area contributed by atoms with Gasteiger partial charge in [-0.1, -0.05) is 19.8 Å². The SMILES string of the molecule is CCOC(C[C@H](C)CCCC(C)(C)O)OCC. The number of aliphatic hydroxyl groups is 1. The molecule has 3 nitrogen and oxygen atoms in total. The zero-order chi connectivity index (χ0) is 13.3. The molecule has 0 aromatic heterocycles. The second-order valence-electron chi connectivity index (χ2n) is 5.39. The first kappa shape index (κ1) is 16.9. The summed E-state index contributed by atoms with van der Waals surface area (Å²) in [4.78, 5) is 0. The van der Waals surface area contributed by atoms with Crippen LogP contribution < -0.4 is 0 Å². The minimum absolute atomic E-state index is 0.0675. The van der Waals surface area contributed by atoms with Crippen LogP contribution >= 0.6 is 0 Å². The summed E-state index contributed by atoms with van der Waals surface area (Å²) in [7, 11) is 0. The molecule has 0 radical (unpaired) electrons. The van der Waals surface area contributed by atoms with Gasteiger partial charge in [0.25, 0.3) is 0 Å². The molecule has 0 unspecified atom stereocenters. The zero-order valence-electron chi connectivity index (χ0n) is 12.2. The van der Waals surface area contributed by atoms with Crippen LogP contribution in [0.4, 0.5) is 0 Å². The van der Waals surface area contributed by atoms with Crippen molar-refractivity contribution in [2.45, 2.75) is 72.2 Å². The molecule has 0 saturated carbocycles. The Morgan fingerprint density at radius 3 is 2.06 bits per heavy atom. The maximum atomic E-state index is 9.63. The van der Waals surface area contributed by atoms with Crippen molar-refractivity contribution in [1.82, 2.24) is 0 Å². The van der Waals surface area contributed by atoms with Gasteiger partial charge in [0.2, 0.25) is 0 Å². The molecule has 0 bridgehead atoms. The van der Waals surface area contributed by atoms with Gasteiger partial charge in [-0.25, -0.2) is 0 Å². The second kappa shape index (κ2) is 8.90. The lowest BCUT2D eigenvalue weighted by atomic mass is 9.95. The van der Waals surface area contributed by atoms with Crippen molar-refractivity contribution >= 4 is 0 Å². The molecule has 0 saturated heterocycles. The summed E-state index contributed by atoms with van der Waals surface area (Å²) in [6.45, 7) is 11.3. The Morgan fingerprint density at radius 1 is 1.12 bits per heavy atom. The van der Waals surface area contributed by atoms with Gasteiger partial charge in [0.05, 0.1) is 5.60 Å². The second-order valence-corrected chi connectivity index (χ2v) is 5.39. The summed E-state index contributed by atoms with van der Waals surface area (Å²) in [5.41, 5.74) is -0.543. The van der Waals surface area contributed by atoms with E-state index in [4.69, 9.17) is 9.47 Å². The highest BCUT2D eigenvalue weighted by Crippen LogP contribution is 2.20. The molecular weight excluding hydrogens is 216 g/mol. The maximum absolute atomic E-state index is 9.63. The van der Waals surface area contributed by atoms with Crippen molar-refractivity contribution in [1.29, 1.82) is 0 Å². The van der Waals surface area contributed by atoms with Crippen LogP contribution in [0.3, 0.4) is 0 Å². The molecule has 17 heavy (non-hydrogen) atoms. The van der Waals surface area contributed by atoms with E-state index in [1.807, 2.05) is 27.7 Å². The predicted octanol–water partition coefficient (Wildman–Crippen LogP) is 3.35. The summed E-state index contributed by atoms with van der Waals surface area (Å²) < 4.78 is 11.1. The monoisotopic (exact) mass is 246 g/mol.